The van der Waals surface area contributed by atoms with E-state index >= 15 is 0 Å². The minimum Gasteiger partial charge on any atom is -0.393 e. The first-order valence-corrected chi connectivity index (χ1v) is 7.46. The van der Waals surface area contributed by atoms with Crippen molar-refractivity contribution in [2.45, 2.75) is 38.8 Å². The van der Waals surface area contributed by atoms with E-state index in [1.807, 2.05) is 6.92 Å². The third-order valence-electron chi connectivity index (χ3n) is 4.17. The molecule has 1 heterocycles. The number of aryl methyl sites for hydroxylation is 1. The summed E-state index contributed by atoms with van der Waals surface area (Å²) in [5.41, 5.74) is 3.41. The third kappa shape index (κ3) is 3.17. The molecule has 20 heavy (non-hydrogen) atoms. The van der Waals surface area contributed by atoms with Crippen LogP contribution in [-0.2, 0) is 6.54 Å². The average molecular weight is 270 g/mol. The number of benzene rings is 1. The van der Waals surface area contributed by atoms with Crippen molar-refractivity contribution in [3.05, 3.63) is 41.6 Å². The number of aromatic nitrogens is 1. The zero-order valence-corrected chi connectivity index (χ0v) is 12.0. The fourth-order valence-corrected chi connectivity index (χ4v) is 3.04. The molecule has 0 saturated heterocycles. The van der Waals surface area contributed by atoms with Gasteiger partial charge in [0.1, 0.15) is 0 Å². The highest BCUT2D eigenvalue weighted by molar-refractivity contribution is 5.79. The van der Waals surface area contributed by atoms with Crippen molar-refractivity contribution in [3.8, 4) is 0 Å². The fraction of sp³-hybridized carbons (Fsp3) is 0.471. The molecule has 0 radical (unpaired) electrons. The molecule has 0 bridgehead atoms. The molecule has 1 aliphatic rings. The van der Waals surface area contributed by atoms with Gasteiger partial charge >= 0.3 is 0 Å². The molecular formula is C17H22N2O. The lowest BCUT2D eigenvalue weighted by Crippen LogP contribution is -2.21. The van der Waals surface area contributed by atoms with Crippen molar-refractivity contribution < 1.29 is 5.11 Å². The van der Waals surface area contributed by atoms with Crippen molar-refractivity contribution in [2.24, 2.45) is 5.92 Å². The summed E-state index contributed by atoms with van der Waals surface area (Å²) < 4.78 is 0. The van der Waals surface area contributed by atoms with Gasteiger partial charge in [-0.3, -0.25) is 4.98 Å². The highest BCUT2D eigenvalue weighted by Crippen LogP contribution is 2.24. The van der Waals surface area contributed by atoms with E-state index in [0.29, 0.717) is 5.92 Å². The van der Waals surface area contributed by atoms with Crippen molar-refractivity contribution in [2.75, 3.05) is 6.54 Å². The molecule has 1 saturated carbocycles. The van der Waals surface area contributed by atoms with Gasteiger partial charge in [-0.05, 0) is 62.4 Å². The lowest BCUT2D eigenvalue weighted by molar-refractivity contribution is 0.177. The lowest BCUT2D eigenvalue weighted by atomic mass is 10.1. The van der Waals surface area contributed by atoms with Crippen LogP contribution in [0.15, 0.2) is 30.3 Å². The Labute approximate surface area is 120 Å². The van der Waals surface area contributed by atoms with Crippen LogP contribution in [0.5, 0.6) is 0 Å². The molecule has 3 nitrogen and oxygen atoms in total. The molecule has 1 aliphatic carbocycles. The maximum Gasteiger partial charge on any atom is 0.0705 e. The monoisotopic (exact) mass is 270 g/mol. The maximum atomic E-state index is 9.52. The number of aliphatic hydroxyl groups excluding tert-OH is 1. The van der Waals surface area contributed by atoms with Crippen LogP contribution in [0.4, 0.5) is 0 Å². The molecular weight excluding hydrogens is 248 g/mol. The summed E-state index contributed by atoms with van der Waals surface area (Å²) in [5.74, 6) is 0.634. The van der Waals surface area contributed by atoms with E-state index < -0.39 is 0 Å². The normalized spacial score (nSPS) is 22.5. The number of pyridine rings is 1. The van der Waals surface area contributed by atoms with Crippen LogP contribution in [0.25, 0.3) is 10.9 Å². The summed E-state index contributed by atoms with van der Waals surface area (Å²) in [7, 11) is 0. The van der Waals surface area contributed by atoms with Gasteiger partial charge in [-0.2, -0.15) is 0 Å². The molecule has 0 aliphatic heterocycles. The number of fused-ring (bicyclic) bond motifs is 1. The highest BCUT2D eigenvalue weighted by Gasteiger charge is 2.21. The fourth-order valence-electron chi connectivity index (χ4n) is 3.04. The molecule has 2 atom stereocenters. The van der Waals surface area contributed by atoms with E-state index in [4.69, 9.17) is 0 Å². The smallest absolute Gasteiger partial charge is 0.0705 e. The Morgan fingerprint density at radius 1 is 1.25 bits per heavy atom. The average Bonchev–Trinajstić information content (AvgIpc) is 2.85. The quantitative estimate of drug-likeness (QED) is 0.898. The van der Waals surface area contributed by atoms with Gasteiger partial charge in [0.05, 0.1) is 11.6 Å². The summed E-state index contributed by atoms with van der Waals surface area (Å²) in [6.45, 7) is 3.91. The van der Waals surface area contributed by atoms with Crippen LogP contribution in [-0.4, -0.2) is 22.7 Å². The molecule has 1 fully saturated rings. The minimum atomic E-state index is -0.0724. The molecule has 0 spiro atoms. The van der Waals surface area contributed by atoms with Gasteiger partial charge in [-0.15, -0.1) is 0 Å². The number of nitrogens with one attached hydrogen (secondary N) is 1. The van der Waals surface area contributed by atoms with Crippen LogP contribution in [0.1, 0.15) is 30.5 Å². The first kappa shape index (κ1) is 13.5. The van der Waals surface area contributed by atoms with Crippen molar-refractivity contribution in [1.82, 2.24) is 10.3 Å². The highest BCUT2D eigenvalue weighted by atomic mass is 16.3. The number of rotatable bonds is 4. The third-order valence-corrected chi connectivity index (χ3v) is 4.17. The molecule has 2 unspecified atom stereocenters. The van der Waals surface area contributed by atoms with Crippen molar-refractivity contribution in [1.29, 1.82) is 0 Å². The lowest BCUT2D eigenvalue weighted by Gasteiger charge is -2.11. The predicted octanol–water partition coefficient (Wildman–Crippen LogP) is 2.79. The molecule has 1 aromatic heterocycles. The molecule has 3 rings (SSSR count). The molecule has 2 N–H and O–H groups in total. The second-order valence-electron chi connectivity index (χ2n) is 5.94. The summed E-state index contributed by atoms with van der Waals surface area (Å²) >= 11 is 0. The first-order chi connectivity index (χ1) is 9.70. The van der Waals surface area contributed by atoms with Crippen molar-refractivity contribution >= 4 is 10.9 Å². The van der Waals surface area contributed by atoms with Gasteiger partial charge in [0.25, 0.3) is 0 Å². The zero-order valence-electron chi connectivity index (χ0n) is 12.0. The zero-order chi connectivity index (χ0) is 13.9. The van der Waals surface area contributed by atoms with Crippen LogP contribution in [0, 0.1) is 12.8 Å². The number of aliphatic hydroxyl groups is 1. The Bertz CT molecular complexity index is 597. The minimum absolute atomic E-state index is 0.0724. The van der Waals surface area contributed by atoms with Crippen LogP contribution >= 0.6 is 0 Å². The molecule has 1 aromatic carbocycles. The van der Waals surface area contributed by atoms with Gasteiger partial charge in [0, 0.05) is 17.6 Å². The Morgan fingerprint density at radius 3 is 2.95 bits per heavy atom. The summed E-state index contributed by atoms with van der Waals surface area (Å²) in [6, 6.07) is 10.6. The molecule has 106 valence electrons. The first-order valence-electron chi connectivity index (χ1n) is 7.46. The van der Waals surface area contributed by atoms with Gasteiger partial charge in [-0.25, -0.2) is 0 Å². The second kappa shape index (κ2) is 5.90. The van der Waals surface area contributed by atoms with E-state index in [0.717, 1.165) is 43.6 Å². The van der Waals surface area contributed by atoms with Gasteiger partial charge in [-0.1, -0.05) is 12.1 Å². The van der Waals surface area contributed by atoms with E-state index in [2.05, 4.69) is 40.6 Å². The Morgan fingerprint density at radius 2 is 2.15 bits per heavy atom. The van der Waals surface area contributed by atoms with Crippen LogP contribution in [0.3, 0.4) is 0 Å². The van der Waals surface area contributed by atoms with Crippen molar-refractivity contribution in [3.63, 3.8) is 0 Å². The van der Waals surface area contributed by atoms with E-state index in [-0.39, 0.29) is 6.10 Å². The Hall–Kier alpha value is -1.45. The SMILES string of the molecule is Cc1ccc2cc(CNCC3CCC(O)C3)ccc2n1. The standard InChI is InChI=1S/C17H22N2O/c1-12-2-5-15-8-13(4-7-17(15)19-12)10-18-11-14-3-6-16(20)9-14/h2,4-5,7-8,14,16,18,20H,3,6,9-11H2,1H3. The van der Waals surface area contributed by atoms with Crippen LogP contribution in [0.2, 0.25) is 0 Å². The largest absolute Gasteiger partial charge is 0.393 e. The molecule has 0 amide bonds. The number of nitrogens with zero attached hydrogens (tertiary/aromatic N) is 1. The number of hydrogen-bond acceptors (Lipinski definition) is 3. The van der Waals surface area contributed by atoms with Gasteiger partial charge in [0.15, 0.2) is 0 Å². The molecule has 3 heteroatoms. The van der Waals surface area contributed by atoms with Crippen LogP contribution < -0.4 is 5.32 Å². The second-order valence-corrected chi connectivity index (χ2v) is 5.94. The predicted molar refractivity (Wildman–Crippen MR) is 81.5 cm³/mol. The summed E-state index contributed by atoms with van der Waals surface area (Å²) in [4.78, 5) is 4.52. The van der Waals surface area contributed by atoms with Gasteiger partial charge < -0.3 is 10.4 Å². The Kier molecular flexibility index (Phi) is 3.99. The maximum absolute atomic E-state index is 9.52. The van der Waals surface area contributed by atoms with E-state index in [9.17, 15) is 5.11 Å². The molecule has 2 aromatic rings. The summed E-state index contributed by atoms with van der Waals surface area (Å²) in [5, 5.41) is 14.2. The van der Waals surface area contributed by atoms with E-state index in [1.54, 1.807) is 0 Å². The van der Waals surface area contributed by atoms with Gasteiger partial charge in [0.2, 0.25) is 0 Å². The van der Waals surface area contributed by atoms with E-state index in [1.165, 1.54) is 10.9 Å². The number of hydrogen-bond donors (Lipinski definition) is 2. The Balaban J connectivity index is 1.59. The summed E-state index contributed by atoms with van der Waals surface area (Å²) in [6.07, 6.45) is 2.99. The topological polar surface area (TPSA) is 45.1 Å².